The molecule has 0 radical (unpaired) electrons. The molecule has 20 heavy (non-hydrogen) atoms. The summed E-state index contributed by atoms with van der Waals surface area (Å²) in [5.41, 5.74) is 0.662. The second-order valence-corrected chi connectivity index (χ2v) is 5.69. The van der Waals surface area contributed by atoms with E-state index in [0.29, 0.717) is 17.4 Å². The highest BCUT2D eigenvalue weighted by Gasteiger charge is 2.28. The molecule has 1 unspecified atom stereocenters. The predicted octanol–water partition coefficient (Wildman–Crippen LogP) is 1.86. The second kappa shape index (κ2) is 6.21. The largest absolute Gasteiger partial charge is 0.365 e. The molecule has 0 bridgehead atoms. The normalized spacial score (nSPS) is 18.7. The smallest absolute Gasteiger partial charge is 0.334 e. The summed E-state index contributed by atoms with van der Waals surface area (Å²) in [6, 6.07) is 0. The van der Waals surface area contributed by atoms with Gasteiger partial charge in [0.2, 0.25) is 5.82 Å². The Balaban J connectivity index is 2.07. The van der Waals surface area contributed by atoms with Crippen molar-refractivity contribution in [2.75, 3.05) is 25.0 Å². The third kappa shape index (κ3) is 3.09. The highest BCUT2D eigenvalue weighted by Crippen LogP contribution is 2.32. The number of anilines is 1. The van der Waals surface area contributed by atoms with Gasteiger partial charge in [0.05, 0.1) is 4.92 Å². The van der Waals surface area contributed by atoms with Crippen molar-refractivity contribution in [2.24, 2.45) is 13.0 Å². The molecule has 1 aliphatic heterocycles. The molecule has 0 amide bonds. The minimum absolute atomic E-state index is 0.0381. The number of nitrogens with zero attached hydrogens (tertiary/aromatic N) is 3. The van der Waals surface area contributed by atoms with Crippen molar-refractivity contribution >= 4 is 11.5 Å². The van der Waals surface area contributed by atoms with E-state index in [1.165, 1.54) is 6.42 Å². The molecule has 1 saturated heterocycles. The van der Waals surface area contributed by atoms with E-state index < -0.39 is 0 Å². The lowest BCUT2D eigenvalue weighted by Crippen LogP contribution is -2.14. The summed E-state index contributed by atoms with van der Waals surface area (Å²) in [5.74, 6) is 1.22. The maximum Gasteiger partial charge on any atom is 0.334 e. The van der Waals surface area contributed by atoms with Crippen LogP contribution in [0.2, 0.25) is 0 Å². The van der Waals surface area contributed by atoms with Crippen LogP contribution < -0.4 is 10.6 Å². The maximum atomic E-state index is 11.3. The van der Waals surface area contributed by atoms with E-state index in [9.17, 15) is 10.1 Å². The number of aromatic nitrogens is 2. The van der Waals surface area contributed by atoms with Crippen molar-refractivity contribution in [1.82, 2.24) is 15.1 Å². The summed E-state index contributed by atoms with van der Waals surface area (Å²) >= 11 is 0. The summed E-state index contributed by atoms with van der Waals surface area (Å²) in [5, 5.41) is 22.1. The van der Waals surface area contributed by atoms with E-state index in [4.69, 9.17) is 0 Å². The van der Waals surface area contributed by atoms with E-state index in [-0.39, 0.29) is 16.5 Å². The Bertz CT molecular complexity index is 477. The van der Waals surface area contributed by atoms with E-state index in [1.807, 2.05) is 13.8 Å². The number of hydrogen-bond donors (Lipinski definition) is 2. The summed E-state index contributed by atoms with van der Waals surface area (Å²) in [7, 11) is 1.75. The first-order valence-electron chi connectivity index (χ1n) is 7.16. The minimum Gasteiger partial charge on any atom is -0.365 e. The van der Waals surface area contributed by atoms with Gasteiger partial charge in [0.15, 0.2) is 0 Å². The monoisotopic (exact) mass is 281 g/mol. The fraction of sp³-hybridized carbons (Fsp3) is 0.769. The first-order chi connectivity index (χ1) is 9.50. The first-order valence-corrected chi connectivity index (χ1v) is 7.16. The molecule has 7 heteroatoms. The van der Waals surface area contributed by atoms with Crippen LogP contribution in [0.3, 0.4) is 0 Å². The molecule has 112 valence electrons. The predicted molar refractivity (Wildman–Crippen MR) is 78.0 cm³/mol. The van der Waals surface area contributed by atoms with Gasteiger partial charge in [-0.15, -0.1) is 0 Å². The molecule has 7 nitrogen and oxygen atoms in total. The number of nitro groups is 1. The number of aryl methyl sites for hydroxylation is 1. The molecule has 2 rings (SSSR count). The highest BCUT2D eigenvalue weighted by atomic mass is 16.6. The zero-order valence-corrected chi connectivity index (χ0v) is 12.3. The molecule has 1 fully saturated rings. The van der Waals surface area contributed by atoms with Gasteiger partial charge in [-0.05, 0) is 31.8 Å². The van der Waals surface area contributed by atoms with Crippen molar-refractivity contribution in [2.45, 2.75) is 32.6 Å². The zero-order valence-electron chi connectivity index (χ0n) is 12.3. The molecule has 1 atom stereocenters. The highest BCUT2D eigenvalue weighted by molar-refractivity contribution is 5.60. The molecular formula is C13H23N5O2. The topological polar surface area (TPSA) is 85.0 Å². The average molecular weight is 281 g/mol. The van der Waals surface area contributed by atoms with E-state index in [1.54, 1.807) is 11.7 Å². The second-order valence-electron chi connectivity index (χ2n) is 5.69. The summed E-state index contributed by atoms with van der Waals surface area (Å²) in [6.45, 7) is 6.71. The number of hydrogen-bond acceptors (Lipinski definition) is 5. The lowest BCUT2D eigenvalue weighted by Gasteiger charge is -2.10. The average Bonchev–Trinajstić information content (AvgIpc) is 2.98. The van der Waals surface area contributed by atoms with Gasteiger partial charge in [0.1, 0.15) is 5.69 Å². The quantitative estimate of drug-likeness (QED) is 0.614. The van der Waals surface area contributed by atoms with E-state index >= 15 is 0 Å². The van der Waals surface area contributed by atoms with Crippen LogP contribution in [0, 0.1) is 16.0 Å². The third-order valence-corrected chi connectivity index (χ3v) is 3.79. The Hall–Kier alpha value is -1.63. The van der Waals surface area contributed by atoms with Gasteiger partial charge in [-0.3, -0.25) is 10.1 Å². The van der Waals surface area contributed by atoms with Gasteiger partial charge in [0, 0.05) is 19.5 Å². The van der Waals surface area contributed by atoms with Crippen molar-refractivity contribution in [1.29, 1.82) is 0 Å². The Kier molecular flexibility index (Phi) is 4.59. The Morgan fingerprint density at radius 1 is 1.60 bits per heavy atom. The van der Waals surface area contributed by atoms with Gasteiger partial charge in [0.25, 0.3) is 0 Å². The molecule has 0 spiro atoms. The fourth-order valence-electron chi connectivity index (χ4n) is 2.66. The standard InChI is InChI=1S/C13H23N5O2/c1-9(2)11-12(18(19)20)13(17(3)16-11)15-7-5-10-4-6-14-8-10/h9-10,14-15H,4-8H2,1-3H3. The Morgan fingerprint density at radius 2 is 2.35 bits per heavy atom. The number of rotatable bonds is 6. The van der Waals surface area contributed by atoms with Crippen LogP contribution in [0.5, 0.6) is 0 Å². The number of nitrogens with one attached hydrogen (secondary N) is 2. The summed E-state index contributed by atoms with van der Waals surface area (Å²) < 4.78 is 1.58. The van der Waals surface area contributed by atoms with Crippen molar-refractivity contribution in [3.05, 3.63) is 15.8 Å². The van der Waals surface area contributed by atoms with Gasteiger partial charge in [-0.1, -0.05) is 13.8 Å². The molecule has 1 aromatic rings. The molecular weight excluding hydrogens is 258 g/mol. The lowest BCUT2D eigenvalue weighted by atomic mass is 10.1. The molecule has 2 heterocycles. The Labute approximate surface area is 118 Å². The molecule has 0 aliphatic carbocycles. The summed E-state index contributed by atoms with van der Waals surface area (Å²) in [6.07, 6.45) is 2.21. The maximum absolute atomic E-state index is 11.3. The SMILES string of the molecule is CC(C)c1nn(C)c(NCCC2CCNC2)c1[N+](=O)[O-]. The first kappa shape index (κ1) is 14.8. The third-order valence-electron chi connectivity index (χ3n) is 3.79. The van der Waals surface area contributed by atoms with Gasteiger partial charge < -0.3 is 10.6 Å². The fourth-order valence-corrected chi connectivity index (χ4v) is 2.66. The molecule has 2 N–H and O–H groups in total. The van der Waals surface area contributed by atoms with Crippen molar-refractivity contribution in [3.8, 4) is 0 Å². The van der Waals surface area contributed by atoms with Crippen LogP contribution in [0.25, 0.3) is 0 Å². The van der Waals surface area contributed by atoms with Gasteiger partial charge in [-0.2, -0.15) is 5.10 Å². The van der Waals surface area contributed by atoms with Crippen LogP contribution in [0.4, 0.5) is 11.5 Å². The minimum atomic E-state index is -0.332. The lowest BCUT2D eigenvalue weighted by molar-refractivity contribution is -0.384. The van der Waals surface area contributed by atoms with Crippen LogP contribution in [-0.4, -0.2) is 34.3 Å². The summed E-state index contributed by atoms with van der Waals surface area (Å²) in [4.78, 5) is 11.0. The van der Waals surface area contributed by atoms with Crippen LogP contribution in [0.1, 0.15) is 38.3 Å². The molecule has 0 aromatic carbocycles. The van der Waals surface area contributed by atoms with E-state index in [2.05, 4.69) is 15.7 Å². The zero-order chi connectivity index (χ0) is 14.7. The van der Waals surface area contributed by atoms with Gasteiger partial charge >= 0.3 is 5.69 Å². The van der Waals surface area contributed by atoms with E-state index in [0.717, 1.165) is 26.1 Å². The van der Waals surface area contributed by atoms with Crippen molar-refractivity contribution < 1.29 is 4.92 Å². The Morgan fingerprint density at radius 3 is 2.90 bits per heavy atom. The molecule has 1 aliphatic rings. The van der Waals surface area contributed by atoms with Crippen LogP contribution >= 0.6 is 0 Å². The van der Waals surface area contributed by atoms with Crippen molar-refractivity contribution in [3.63, 3.8) is 0 Å². The molecule has 0 saturated carbocycles. The van der Waals surface area contributed by atoms with Crippen LogP contribution in [-0.2, 0) is 7.05 Å². The van der Waals surface area contributed by atoms with Crippen LogP contribution in [0.15, 0.2) is 0 Å². The molecule has 1 aromatic heterocycles. The van der Waals surface area contributed by atoms with Gasteiger partial charge in [-0.25, -0.2) is 4.68 Å².